The van der Waals surface area contributed by atoms with Gasteiger partial charge in [0.15, 0.2) is 0 Å². The minimum Gasteiger partial charge on any atom is -0.297 e. The van der Waals surface area contributed by atoms with Crippen molar-refractivity contribution in [3.05, 3.63) is 119 Å². The lowest BCUT2D eigenvalue weighted by Crippen LogP contribution is -2.53. The third-order valence-electron chi connectivity index (χ3n) is 19.0. The quantitative estimate of drug-likeness (QED) is 0.0890. The van der Waals surface area contributed by atoms with Gasteiger partial charge in [0.2, 0.25) is 23.6 Å². The van der Waals surface area contributed by atoms with Crippen molar-refractivity contribution in [2.24, 2.45) is 10.8 Å². The van der Waals surface area contributed by atoms with Gasteiger partial charge in [0.05, 0.1) is 36.9 Å². The normalized spacial score (nSPS) is 25.4. The number of amides is 6. The third kappa shape index (κ3) is 9.65. The number of rotatable bonds is 12. The van der Waals surface area contributed by atoms with Gasteiger partial charge in [-0.05, 0) is 119 Å². The highest BCUT2D eigenvalue weighted by atomic mass is 19.3. The molecule has 2 aromatic heterocycles. The number of hydrogen-bond acceptors (Lipinski definition) is 10. The van der Waals surface area contributed by atoms with Gasteiger partial charge < -0.3 is 0 Å². The first kappa shape index (κ1) is 54.0. The van der Waals surface area contributed by atoms with Crippen LogP contribution in [0, 0.1) is 10.8 Å². The summed E-state index contributed by atoms with van der Waals surface area (Å²) >= 11 is 0. The van der Waals surface area contributed by atoms with Gasteiger partial charge in [0.25, 0.3) is 23.7 Å². The smallest absolute Gasteiger partial charge is 0.282 e. The second kappa shape index (κ2) is 20.2. The van der Waals surface area contributed by atoms with E-state index in [1.807, 2.05) is 58.3 Å². The zero-order valence-electron chi connectivity index (χ0n) is 46.1. The molecule has 428 valence electrons. The number of nitrogens with zero attached hydrogens (tertiary/aromatic N) is 8. The Bertz CT molecular complexity index is 3390. The van der Waals surface area contributed by atoms with E-state index in [0.29, 0.717) is 61.3 Å². The van der Waals surface area contributed by atoms with E-state index >= 15 is 17.6 Å². The van der Waals surface area contributed by atoms with E-state index in [2.05, 4.69) is 34.7 Å². The molecule has 8 aliphatic rings. The molecule has 6 amide bonds. The first-order valence-corrected chi connectivity index (χ1v) is 28.9. The van der Waals surface area contributed by atoms with Gasteiger partial charge in [0.1, 0.15) is 24.2 Å². The number of carbonyl (C=O) groups is 6. The van der Waals surface area contributed by atoms with Crippen molar-refractivity contribution < 1.29 is 46.3 Å². The molecule has 2 unspecified atom stereocenters. The van der Waals surface area contributed by atoms with Gasteiger partial charge in [-0.15, -0.1) is 0 Å². The van der Waals surface area contributed by atoms with Crippen LogP contribution >= 0.6 is 0 Å². The van der Waals surface area contributed by atoms with E-state index in [9.17, 15) is 28.8 Å². The Balaban J connectivity index is 0.000000154. The minimum atomic E-state index is -2.87. The number of alkyl halides is 4. The molecule has 2 N–H and O–H groups in total. The van der Waals surface area contributed by atoms with Crippen molar-refractivity contribution in [3.8, 4) is 0 Å². The molecular weight excluding hydrogens is 1060 g/mol. The molecule has 0 spiro atoms. The fraction of sp³-hybridized carbons (Fsp3) is 0.484. The number of imide groups is 2. The summed E-state index contributed by atoms with van der Waals surface area (Å²) in [6.45, 7) is 6.65. The molecule has 0 bridgehead atoms. The fourth-order valence-electron chi connectivity index (χ4n) is 14.5. The summed E-state index contributed by atoms with van der Waals surface area (Å²) in [6, 6.07) is 15.1. The minimum absolute atomic E-state index is 0.172. The largest absolute Gasteiger partial charge is 0.297 e. The molecule has 20 heteroatoms. The number of nitrogens with one attached hydrogen (secondary N) is 2. The number of benzene rings is 4. The molecule has 4 atom stereocenters. The lowest BCUT2D eigenvalue weighted by atomic mass is 9.70. The maximum absolute atomic E-state index is 15.3. The first-order valence-electron chi connectivity index (χ1n) is 28.9. The Morgan fingerprint density at radius 3 is 1.33 bits per heavy atom. The Kier molecular flexibility index (Phi) is 13.3. The highest BCUT2D eigenvalue weighted by Gasteiger charge is 2.50. The first-order chi connectivity index (χ1) is 39.2. The molecule has 2 saturated carbocycles. The number of anilines is 2. The van der Waals surface area contributed by atoms with Crippen LogP contribution in [0.25, 0.3) is 21.5 Å². The zero-order chi connectivity index (χ0) is 57.0. The molecule has 82 heavy (non-hydrogen) atoms. The van der Waals surface area contributed by atoms with E-state index in [0.717, 1.165) is 82.6 Å². The van der Waals surface area contributed by atoms with E-state index in [1.165, 1.54) is 32.0 Å². The Morgan fingerprint density at radius 2 is 0.963 bits per heavy atom. The van der Waals surface area contributed by atoms with Crippen LogP contribution in [-0.4, -0.2) is 128 Å². The van der Waals surface area contributed by atoms with Gasteiger partial charge in [0, 0.05) is 86.2 Å². The lowest BCUT2D eigenvalue weighted by Gasteiger charge is -2.46. The van der Waals surface area contributed by atoms with E-state index < -0.39 is 47.8 Å². The van der Waals surface area contributed by atoms with Crippen molar-refractivity contribution in [3.63, 3.8) is 0 Å². The predicted octanol–water partition coefficient (Wildman–Crippen LogP) is 8.93. The topological polar surface area (TPSA) is 175 Å². The van der Waals surface area contributed by atoms with Crippen molar-refractivity contribution in [2.45, 2.75) is 140 Å². The van der Waals surface area contributed by atoms with Crippen LogP contribution in [0.1, 0.15) is 146 Å². The van der Waals surface area contributed by atoms with Crippen LogP contribution in [0.15, 0.2) is 85.5 Å². The van der Waals surface area contributed by atoms with Crippen LogP contribution < -0.4 is 20.4 Å². The fourth-order valence-corrected chi connectivity index (χ4v) is 14.5. The van der Waals surface area contributed by atoms with E-state index in [-0.39, 0.29) is 73.2 Å². The second-order valence-electron chi connectivity index (χ2n) is 25.1. The van der Waals surface area contributed by atoms with E-state index in [4.69, 9.17) is 0 Å². The standard InChI is InChI=1S/2C31H33F2N5O3/c2*1-30(11-3-12-30)17-36-13-10-25(31(32,33)18-36)37-16-19(15-34-37)14-20-6-7-23-27-21(20)4-2-5-22(27)29(41)38(23)24-8-9-26(39)35-28(24)40/h2*2,4-7,15-16,24-25H,3,8-14,17-18H2,1H3,(H,35,39,40)/t2*24?,25-/m10/s1. The number of carbonyl (C=O) groups excluding carboxylic acids is 6. The molecule has 8 heterocycles. The number of hydrogen-bond donors (Lipinski definition) is 2. The maximum Gasteiger partial charge on any atom is 0.282 e. The molecule has 6 fully saturated rings. The highest BCUT2D eigenvalue weighted by Crippen LogP contribution is 2.47. The van der Waals surface area contributed by atoms with Gasteiger partial charge in [-0.3, -0.25) is 68.4 Å². The van der Waals surface area contributed by atoms with Crippen LogP contribution in [0.4, 0.5) is 28.9 Å². The monoisotopic (exact) mass is 1120 g/mol. The molecule has 6 aromatic rings. The molecule has 4 saturated heterocycles. The zero-order valence-corrected chi connectivity index (χ0v) is 46.1. The molecule has 4 aromatic carbocycles. The molecule has 2 aliphatic carbocycles. The van der Waals surface area contributed by atoms with Gasteiger partial charge >= 0.3 is 0 Å². The van der Waals surface area contributed by atoms with Crippen molar-refractivity contribution in [1.82, 2.24) is 40.0 Å². The molecule has 14 rings (SSSR count). The van der Waals surface area contributed by atoms with Gasteiger partial charge in [-0.2, -0.15) is 10.2 Å². The number of halogens is 4. The van der Waals surface area contributed by atoms with Crippen molar-refractivity contribution in [2.75, 3.05) is 49.1 Å². The number of piperidine rings is 4. The predicted molar refractivity (Wildman–Crippen MR) is 298 cm³/mol. The van der Waals surface area contributed by atoms with Crippen LogP contribution in [0.3, 0.4) is 0 Å². The average molecular weight is 1120 g/mol. The molecule has 0 radical (unpaired) electrons. The van der Waals surface area contributed by atoms with Crippen LogP contribution in [-0.2, 0) is 32.0 Å². The van der Waals surface area contributed by atoms with Gasteiger partial charge in [-0.25, -0.2) is 17.6 Å². The average Bonchev–Trinajstić information content (AvgIpc) is 2.87. The Hall–Kier alpha value is -7.32. The molecular formula is C62H66F4N10O6. The second-order valence-corrected chi connectivity index (χ2v) is 25.1. The molecule has 6 aliphatic heterocycles. The summed E-state index contributed by atoms with van der Waals surface area (Å²) in [5.41, 5.74) is 6.19. The summed E-state index contributed by atoms with van der Waals surface area (Å²) in [7, 11) is 0. The number of likely N-dealkylation sites (tertiary alicyclic amines) is 2. The van der Waals surface area contributed by atoms with Crippen LogP contribution in [0.2, 0.25) is 0 Å². The molecule has 16 nitrogen and oxygen atoms in total. The summed E-state index contributed by atoms with van der Waals surface area (Å²) < 4.78 is 64.2. The maximum atomic E-state index is 15.3. The lowest BCUT2D eigenvalue weighted by molar-refractivity contribution is -0.135. The van der Waals surface area contributed by atoms with E-state index in [1.54, 1.807) is 36.9 Å². The Labute approximate surface area is 471 Å². The summed E-state index contributed by atoms with van der Waals surface area (Å²) in [5, 5.41) is 16.7. The highest BCUT2D eigenvalue weighted by molar-refractivity contribution is 6.28. The van der Waals surface area contributed by atoms with Crippen LogP contribution in [0.5, 0.6) is 0 Å². The number of aromatic nitrogens is 4. The summed E-state index contributed by atoms with van der Waals surface area (Å²) in [6.07, 6.45) is 16.1. The summed E-state index contributed by atoms with van der Waals surface area (Å²) in [4.78, 5) is 82.2. The summed E-state index contributed by atoms with van der Waals surface area (Å²) in [5.74, 6) is -7.85. The third-order valence-corrected chi connectivity index (χ3v) is 19.0. The SMILES string of the molecule is CC1(CN2CC[C@@H](n3cc(Cc4ccc5c6c(cccc46)C(=O)N5C4CCC(=O)NC4=O)cn3)C(F)(F)C2)CCC1.CC1(CN2CC[C@H](n3cc(Cc4ccc5c6c(cccc46)C(=O)N5C4CCC(=O)NC4=O)cn3)C(F)(F)C2)CCC1. The Morgan fingerprint density at radius 1 is 0.549 bits per heavy atom. The van der Waals surface area contributed by atoms with Crippen molar-refractivity contribution >= 4 is 68.4 Å². The van der Waals surface area contributed by atoms with Gasteiger partial charge in [-0.1, -0.05) is 63.1 Å². The van der Waals surface area contributed by atoms with Crippen molar-refractivity contribution in [1.29, 1.82) is 0 Å².